The smallest absolute Gasteiger partial charge is 0.416 e. The number of halogens is 3. The fourth-order valence-corrected chi connectivity index (χ4v) is 4.87. The highest BCUT2D eigenvalue weighted by molar-refractivity contribution is 7.87. The lowest BCUT2D eigenvalue weighted by molar-refractivity contribution is -0.137. The van der Waals surface area contributed by atoms with E-state index in [-0.39, 0.29) is 11.7 Å². The Labute approximate surface area is 209 Å². The van der Waals surface area contributed by atoms with Crippen LogP contribution in [0.3, 0.4) is 0 Å². The first kappa shape index (κ1) is 27.7. The van der Waals surface area contributed by atoms with E-state index < -0.39 is 27.5 Å². The van der Waals surface area contributed by atoms with Gasteiger partial charge in [0.1, 0.15) is 5.75 Å². The number of nitrogens with zero attached hydrogens (tertiary/aromatic N) is 2. The molecule has 1 aromatic heterocycles. The van der Waals surface area contributed by atoms with Crippen molar-refractivity contribution in [1.29, 1.82) is 0 Å². The van der Waals surface area contributed by atoms with Gasteiger partial charge in [0.15, 0.2) is 0 Å². The van der Waals surface area contributed by atoms with Gasteiger partial charge in [0.05, 0.1) is 16.8 Å². The summed E-state index contributed by atoms with van der Waals surface area (Å²) in [6.07, 6.45) is -4.42. The lowest BCUT2D eigenvalue weighted by atomic mass is 9.93. The van der Waals surface area contributed by atoms with Crippen LogP contribution < -0.4 is 14.2 Å². The van der Waals surface area contributed by atoms with Crippen LogP contribution in [0.25, 0.3) is 11.3 Å². The van der Waals surface area contributed by atoms with Gasteiger partial charge in [-0.2, -0.15) is 31.4 Å². The molecular formula is C25H31F3N4O3S. The number of hydrogen-bond acceptors (Lipinski definition) is 4. The second kappa shape index (κ2) is 10.6. The van der Waals surface area contributed by atoms with Crippen molar-refractivity contribution in [2.24, 2.45) is 5.92 Å². The van der Waals surface area contributed by atoms with E-state index in [1.165, 1.54) is 12.1 Å². The number of rotatable bonds is 10. The third-order valence-electron chi connectivity index (χ3n) is 5.40. The Morgan fingerprint density at radius 1 is 1.03 bits per heavy atom. The summed E-state index contributed by atoms with van der Waals surface area (Å²) in [4.78, 5) is 0. The molecule has 0 saturated heterocycles. The van der Waals surface area contributed by atoms with E-state index in [0.29, 0.717) is 24.7 Å². The molecule has 0 saturated carbocycles. The minimum atomic E-state index is -4.42. The maximum Gasteiger partial charge on any atom is 0.416 e. The molecule has 0 aliphatic heterocycles. The molecule has 0 amide bonds. The standard InChI is InChI=1S/C25H31F3N4O3S/c1-6-32-23(35-21-12-10-19(11-13-21)25(26,27)28)15-22(30-32)18-8-7-9-20(14-18)24(4,5)31-36(33,34)29-16-17(2)3/h7-15,17,29,31H,6,16H2,1-5H3. The third kappa shape index (κ3) is 7.08. The SMILES string of the molecule is CCn1nc(-c2cccc(C(C)(C)NS(=O)(=O)NCC(C)C)c2)cc1Oc1ccc(C(F)(F)F)cc1. The second-order valence-electron chi connectivity index (χ2n) is 9.36. The Balaban J connectivity index is 1.84. The van der Waals surface area contributed by atoms with Crippen LogP contribution in [0.2, 0.25) is 0 Å². The van der Waals surface area contributed by atoms with Crippen molar-refractivity contribution in [1.82, 2.24) is 19.2 Å². The quantitative estimate of drug-likeness (QED) is 0.357. The Bertz CT molecular complexity index is 1280. The van der Waals surface area contributed by atoms with Gasteiger partial charge < -0.3 is 4.74 Å². The molecule has 0 fully saturated rings. The number of aromatic nitrogens is 2. The highest BCUT2D eigenvalue weighted by Gasteiger charge is 2.30. The van der Waals surface area contributed by atoms with Crippen LogP contribution in [0.5, 0.6) is 11.6 Å². The van der Waals surface area contributed by atoms with E-state index in [2.05, 4.69) is 14.5 Å². The predicted octanol–water partition coefficient (Wildman–Crippen LogP) is 5.70. The van der Waals surface area contributed by atoms with Gasteiger partial charge >= 0.3 is 6.18 Å². The first-order chi connectivity index (χ1) is 16.7. The zero-order valence-corrected chi connectivity index (χ0v) is 21.7. The lowest BCUT2D eigenvalue weighted by Crippen LogP contribution is -2.47. The first-order valence-corrected chi connectivity index (χ1v) is 13.0. The largest absolute Gasteiger partial charge is 0.439 e. The highest BCUT2D eigenvalue weighted by Crippen LogP contribution is 2.33. The number of nitrogens with one attached hydrogen (secondary N) is 2. The Hall–Kier alpha value is -2.89. The minimum absolute atomic E-state index is 0.167. The molecule has 7 nitrogen and oxygen atoms in total. The molecule has 3 rings (SSSR count). The van der Waals surface area contributed by atoms with E-state index in [1.54, 1.807) is 24.6 Å². The van der Waals surface area contributed by atoms with Crippen LogP contribution in [-0.2, 0) is 28.5 Å². The summed E-state index contributed by atoms with van der Waals surface area (Å²) in [5.74, 6) is 0.790. The normalized spacial score (nSPS) is 12.8. The van der Waals surface area contributed by atoms with Crippen molar-refractivity contribution in [3.05, 3.63) is 65.7 Å². The fraction of sp³-hybridized carbons (Fsp3) is 0.400. The van der Waals surface area contributed by atoms with Crippen LogP contribution >= 0.6 is 0 Å². The molecule has 36 heavy (non-hydrogen) atoms. The molecule has 0 bridgehead atoms. The molecule has 11 heteroatoms. The second-order valence-corrected chi connectivity index (χ2v) is 10.9. The summed E-state index contributed by atoms with van der Waals surface area (Å²) in [5, 5.41) is 4.56. The number of hydrogen-bond donors (Lipinski definition) is 2. The Morgan fingerprint density at radius 3 is 2.28 bits per heavy atom. The van der Waals surface area contributed by atoms with E-state index >= 15 is 0 Å². The van der Waals surface area contributed by atoms with Gasteiger partial charge in [0.25, 0.3) is 10.2 Å². The number of benzene rings is 2. The summed E-state index contributed by atoms with van der Waals surface area (Å²) in [6, 6.07) is 13.5. The molecule has 0 unspecified atom stereocenters. The van der Waals surface area contributed by atoms with Crippen molar-refractivity contribution in [2.75, 3.05) is 6.54 Å². The molecule has 196 valence electrons. The zero-order chi connectivity index (χ0) is 26.7. The van der Waals surface area contributed by atoms with Crippen LogP contribution in [0.4, 0.5) is 13.2 Å². The Kier molecular flexibility index (Phi) is 8.17. The van der Waals surface area contributed by atoms with E-state index in [9.17, 15) is 21.6 Å². The summed E-state index contributed by atoms with van der Waals surface area (Å²) in [6.45, 7) is 10.0. The van der Waals surface area contributed by atoms with Crippen molar-refractivity contribution < 1.29 is 26.3 Å². The number of ether oxygens (including phenoxy) is 1. The molecular weight excluding hydrogens is 493 g/mol. The van der Waals surface area contributed by atoms with Gasteiger partial charge in [-0.15, -0.1) is 0 Å². The molecule has 1 heterocycles. The topological polar surface area (TPSA) is 85.2 Å². The lowest BCUT2D eigenvalue weighted by Gasteiger charge is -2.27. The van der Waals surface area contributed by atoms with Gasteiger partial charge in [-0.05, 0) is 62.6 Å². The summed E-state index contributed by atoms with van der Waals surface area (Å²) in [5.41, 5.74) is 0.378. The van der Waals surface area contributed by atoms with Gasteiger partial charge in [0.2, 0.25) is 5.88 Å². The van der Waals surface area contributed by atoms with Gasteiger partial charge in [0, 0.05) is 24.7 Å². The molecule has 0 atom stereocenters. The van der Waals surface area contributed by atoms with Crippen molar-refractivity contribution in [3.8, 4) is 22.9 Å². The summed E-state index contributed by atoms with van der Waals surface area (Å²) >= 11 is 0. The summed E-state index contributed by atoms with van der Waals surface area (Å²) in [7, 11) is -3.72. The number of aryl methyl sites for hydroxylation is 1. The molecule has 3 aromatic rings. The van der Waals surface area contributed by atoms with Crippen molar-refractivity contribution in [3.63, 3.8) is 0 Å². The molecule has 0 spiro atoms. The van der Waals surface area contributed by atoms with E-state index in [1.807, 2.05) is 45.0 Å². The zero-order valence-electron chi connectivity index (χ0n) is 20.8. The van der Waals surface area contributed by atoms with E-state index in [4.69, 9.17) is 4.74 Å². The first-order valence-electron chi connectivity index (χ1n) is 11.5. The highest BCUT2D eigenvalue weighted by atomic mass is 32.2. The minimum Gasteiger partial charge on any atom is -0.439 e. The number of alkyl halides is 3. The van der Waals surface area contributed by atoms with E-state index in [0.717, 1.165) is 23.3 Å². The molecule has 2 aromatic carbocycles. The third-order valence-corrected chi connectivity index (χ3v) is 6.72. The van der Waals surface area contributed by atoms with Crippen LogP contribution in [0.1, 0.15) is 45.7 Å². The molecule has 2 N–H and O–H groups in total. The molecule has 0 radical (unpaired) electrons. The van der Waals surface area contributed by atoms with Crippen molar-refractivity contribution in [2.45, 2.75) is 52.9 Å². The van der Waals surface area contributed by atoms with Gasteiger partial charge in [-0.1, -0.05) is 32.0 Å². The predicted molar refractivity (Wildman–Crippen MR) is 133 cm³/mol. The fourth-order valence-electron chi connectivity index (χ4n) is 3.46. The van der Waals surface area contributed by atoms with Gasteiger partial charge in [-0.25, -0.2) is 9.40 Å². The Morgan fingerprint density at radius 2 is 1.69 bits per heavy atom. The average Bonchev–Trinajstić information content (AvgIpc) is 3.20. The monoisotopic (exact) mass is 524 g/mol. The van der Waals surface area contributed by atoms with Crippen LogP contribution in [0, 0.1) is 5.92 Å². The van der Waals surface area contributed by atoms with Crippen LogP contribution in [-0.4, -0.2) is 24.7 Å². The maximum absolute atomic E-state index is 12.8. The average molecular weight is 525 g/mol. The van der Waals surface area contributed by atoms with Crippen molar-refractivity contribution >= 4 is 10.2 Å². The van der Waals surface area contributed by atoms with Crippen LogP contribution in [0.15, 0.2) is 54.6 Å². The van der Waals surface area contributed by atoms with Gasteiger partial charge in [-0.3, -0.25) is 0 Å². The molecule has 0 aliphatic carbocycles. The summed E-state index contributed by atoms with van der Waals surface area (Å²) < 4.78 is 76.2. The maximum atomic E-state index is 12.8. The molecule has 0 aliphatic rings.